The van der Waals surface area contributed by atoms with Crippen LogP contribution in [0.5, 0.6) is 0 Å². The van der Waals surface area contributed by atoms with Crippen LogP contribution in [0.3, 0.4) is 0 Å². The topological polar surface area (TPSA) is 69.7 Å². The molecule has 9 heteroatoms. The number of likely N-dealkylation sites (N-methyl/N-ethyl adjacent to an activating group) is 1. The lowest BCUT2D eigenvalue weighted by Gasteiger charge is -2.34. The number of hydrogen-bond donors (Lipinski definition) is 1. The average Bonchev–Trinajstić information content (AvgIpc) is 2.48. The third-order valence-corrected chi connectivity index (χ3v) is 6.05. The second-order valence-corrected chi connectivity index (χ2v) is 8.32. The zero-order valence-corrected chi connectivity index (χ0v) is 16.2. The Bertz CT molecular complexity index is 639. The molecule has 1 heterocycles. The van der Waals surface area contributed by atoms with E-state index in [1.165, 1.54) is 19.2 Å². The molecule has 1 aromatic rings. The molecule has 0 radical (unpaired) electrons. The molecule has 0 aliphatic carbocycles. The van der Waals surface area contributed by atoms with Crippen molar-refractivity contribution in [3.05, 3.63) is 28.7 Å². The predicted molar refractivity (Wildman–Crippen MR) is 95.3 cm³/mol. The summed E-state index contributed by atoms with van der Waals surface area (Å²) in [5, 5.41) is 3.20. The first-order valence-electron chi connectivity index (χ1n) is 7.04. The number of hydrogen-bond acceptors (Lipinski definition) is 4. The van der Waals surface area contributed by atoms with Crippen molar-refractivity contribution in [2.45, 2.75) is 17.9 Å². The molecule has 130 valence electrons. The fourth-order valence-electron chi connectivity index (χ4n) is 2.36. The van der Waals surface area contributed by atoms with Crippen LogP contribution in [-0.2, 0) is 14.8 Å². The smallest absolute Gasteiger partial charge is 0.243 e. The normalized spacial score (nSPS) is 18.6. The van der Waals surface area contributed by atoms with Crippen LogP contribution in [0, 0.1) is 0 Å². The van der Waals surface area contributed by atoms with Crippen LogP contribution in [0.2, 0.25) is 0 Å². The summed E-state index contributed by atoms with van der Waals surface area (Å²) in [5.74, 6) is -0.169. The maximum absolute atomic E-state index is 12.5. The molecule has 1 unspecified atom stereocenters. The summed E-state index contributed by atoms with van der Waals surface area (Å²) in [6.45, 7) is 3.87. The van der Waals surface area contributed by atoms with Crippen molar-refractivity contribution < 1.29 is 13.2 Å². The molecule has 1 amide bonds. The molecule has 23 heavy (non-hydrogen) atoms. The van der Waals surface area contributed by atoms with Crippen molar-refractivity contribution in [3.63, 3.8) is 0 Å². The number of carbonyl (C=O) groups is 1. The van der Waals surface area contributed by atoms with Gasteiger partial charge in [-0.05, 0) is 31.2 Å². The number of rotatable bonds is 4. The Morgan fingerprint density at radius 3 is 2.57 bits per heavy atom. The summed E-state index contributed by atoms with van der Waals surface area (Å²) in [6.07, 6.45) is 0. The van der Waals surface area contributed by atoms with Gasteiger partial charge in [0.2, 0.25) is 15.9 Å². The molecule has 0 aromatic heterocycles. The van der Waals surface area contributed by atoms with E-state index in [-0.39, 0.29) is 35.8 Å². The van der Waals surface area contributed by atoms with Crippen LogP contribution >= 0.6 is 28.3 Å². The first kappa shape index (κ1) is 20.4. The number of nitrogens with zero attached hydrogens (tertiary/aromatic N) is 2. The van der Waals surface area contributed by atoms with Gasteiger partial charge in [-0.15, -0.1) is 12.4 Å². The molecule has 1 aliphatic rings. The van der Waals surface area contributed by atoms with Gasteiger partial charge >= 0.3 is 0 Å². The number of benzene rings is 1. The summed E-state index contributed by atoms with van der Waals surface area (Å²) in [7, 11) is -2.22. The molecule has 2 rings (SSSR count). The Morgan fingerprint density at radius 1 is 1.39 bits per heavy atom. The molecule has 0 spiro atoms. The quantitative estimate of drug-likeness (QED) is 0.788. The minimum absolute atomic E-state index is 0. The first-order valence-corrected chi connectivity index (χ1v) is 9.28. The summed E-state index contributed by atoms with van der Waals surface area (Å²) in [6, 6.07) is 6.45. The number of amides is 1. The lowest BCUT2D eigenvalue weighted by atomic mass is 10.2. The minimum atomic E-state index is -3.66. The van der Waals surface area contributed by atoms with Crippen LogP contribution in [-0.4, -0.2) is 62.8 Å². The molecule has 1 atom stereocenters. The Morgan fingerprint density at radius 2 is 2.00 bits per heavy atom. The van der Waals surface area contributed by atoms with Crippen molar-refractivity contribution in [1.82, 2.24) is 14.5 Å². The van der Waals surface area contributed by atoms with Gasteiger partial charge in [-0.2, -0.15) is 4.31 Å². The van der Waals surface area contributed by atoms with E-state index in [2.05, 4.69) is 21.2 Å². The van der Waals surface area contributed by atoms with Crippen molar-refractivity contribution >= 4 is 44.3 Å². The highest BCUT2D eigenvalue weighted by Gasteiger charge is 2.28. The number of nitrogens with one attached hydrogen (secondary N) is 1. The molecule has 0 saturated carbocycles. The second kappa shape index (κ2) is 8.43. The summed E-state index contributed by atoms with van der Waals surface area (Å²) in [4.78, 5) is 14.2. The predicted octanol–water partition coefficient (Wildman–Crippen LogP) is 1.31. The Balaban J connectivity index is 0.00000264. The van der Waals surface area contributed by atoms with Gasteiger partial charge in [-0.1, -0.05) is 15.9 Å². The van der Waals surface area contributed by atoms with Gasteiger partial charge in [-0.25, -0.2) is 8.42 Å². The van der Waals surface area contributed by atoms with Crippen molar-refractivity contribution in [2.24, 2.45) is 0 Å². The van der Waals surface area contributed by atoms with Crippen molar-refractivity contribution in [2.75, 3.05) is 33.2 Å². The molecular formula is C14H21BrClN3O3S. The number of piperazine rings is 1. The summed E-state index contributed by atoms with van der Waals surface area (Å²) >= 11 is 3.27. The number of carbonyl (C=O) groups excluding carboxylic acids is 1. The van der Waals surface area contributed by atoms with E-state index in [1.807, 2.05) is 6.92 Å². The minimum Gasteiger partial charge on any atom is -0.336 e. The van der Waals surface area contributed by atoms with Crippen molar-refractivity contribution in [3.8, 4) is 0 Å². The van der Waals surface area contributed by atoms with E-state index in [9.17, 15) is 13.2 Å². The molecule has 0 bridgehead atoms. The molecule has 6 nitrogen and oxygen atoms in total. The van der Waals surface area contributed by atoms with E-state index in [1.54, 1.807) is 17.0 Å². The van der Waals surface area contributed by atoms with Gasteiger partial charge in [0.15, 0.2) is 0 Å². The van der Waals surface area contributed by atoms with Crippen LogP contribution < -0.4 is 5.32 Å². The average molecular weight is 427 g/mol. The van der Waals surface area contributed by atoms with Crippen LogP contribution in [0.15, 0.2) is 33.6 Å². The highest BCUT2D eigenvalue weighted by Crippen LogP contribution is 2.18. The maximum Gasteiger partial charge on any atom is 0.243 e. The molecule has 1 aliphatic heterocycles. The van der Waals surface area contributed by atoms with Gasteiger partial charge in [0, 0.05) is 37.2 Å². The fraction of sp³-hybridized carbons (Fsp3) is 0.500. The molecule has 1 saturated heterocycles. The van der Waals surface area contributed by atoms with Crippen LogP contribution in [0.4, 0.5) is 0 Å². The third-order valence-electron chi connectivity index (χ3n) is 3.70. The summed E-state index contributed by atoms with van der Waals surface area (Å²) < 4.78 is 26.9. The standard InChI is InChI=1S/C14H20BrN3O3S.ClH/c1-11-9-16-7-8-18(11)14(19)10-17(2)22(20,21)13-5-3-12(15)4-6-13;/h3-6,11,16H,7-10H2,1-2H3;1H. The van der Waals surface area contributed by atoms with Gasteiger partial charge < -0.3 is 10.2 Å². The van der Waals surface area contributed by atoms with E-state index in [0.717, 1.165) is 21.9 Å². The lowest BCUT2D eigenvalue weighted by Crippen LogP contribution is -2.54. The molecule has 1 N–H and O–H groups in total. The lowest BCUT2D eigenvalue weighted by molar-refractivity contribution is -0.133. The molecule has 1 fully saturated rings. The fourth-order valence-corrected chi connectivity index (χ4v) is 3.75. The number of sulfonamides is 1. The van der Waals surface area contributed by atoms with E-state index in [4.69, 9.17) is 0 Å². The Labute approximate surface area is 151 Å². The number of halogens is 2. The van der Waals surface area contributed by atoms with Gasteiger partial charge in [0.05, 0.1) is 11.4 Å². The Hall–Kier alpha value is -0.670. The van der Waals surface area contributed by atoms with E-state index < -0.39 is 10.0 Å². The van der Waals surface area contributed by atoms with Gasteiger partial charge in [0.1, 0.15) is 0 Å². The van der Waals surface area contributed by atoms with Crippen LogP contribution in [0.1, 0.15) is 6.92 Å². The van der Waals surface area contributed by atoms with Crippen molar-refractivity contribution in [1.29, 1.82) is 0 Å². The third kappa shape index (κ3) is 4.90. The van der Waals surface area contributed by atoms with Gasteiger partial charge in [0.25, 0.3) is 0 Å². The molecular weight excluding hydrogens is 406 g/mol. The monoisotopic (exact) mass is 425 g/mol. The Kier molecular flexibility index (Phi) is 7.47. The highest BCUT2D eigenvalue weighted by atomic mass is 79.9. The van der Waals surface area contributed by atoms with E-state index >= 15 is 0 Å². The summed E-state index contributed by atoms with van der Waals surface area (Å²) in [5.41, 5.74) is 0. The zero-order valence-electron chi connectivity index (χ0n) is 13.0. The van der Waals surface area contributed by atoms with Crippen LogP contribution in [0.25, 0.3) is 0 Å². The first-order chi connectivity index (χ1) is 10.3. The SMILES string of the molecule is CC1CNCCN1C(=O)CN(C)S(=O)(=O)c1ccc(Br)cc1.Cl. The largest absolute Gasteiger partial charge is 0.336 e. The highest BCUT2D eigenvalue weighted by molar-refractivity contribution is 9.10. The zero-order chi connectivity index (χ0) is 16.3. The van der Waals surface area contributed by atoms with E-state index in [0.29, 0.717) is 6.54 Å². The van der Waals surface area contributed by atoms with Gasteiger partial charge in [-0.3, -0.25) is 4.79 Å². The maximum atomic E-state index is 12.5. The second-order valence-electron chi connectivity index (χ2n) is 5.36. The molecule has 1 aromatic carbocycles.